The fourth-order valence-corrected chi connectivity index (χ4v) is 2.75. The minimum atomic E-state index is -0.385. The summed E-state index contributed by atoms with van der Waals surface area (Å²) in [5, 5.41) is 15.3. The number of anilines is 1. The molecule has 6 heteroatoms. The second-order valence-electron chi connectivity index (χ2n) is 5.67. The topological polar surface area (TPSA) is 72.5 Å². The summed E-state index contributed by atoms with van der Waals surface area (Å²) in [6, 6.07) is 18.3. The zero-order valence-corrected chi connectivity index (χ0v) is 14.0. The van der Waals surface area contributed by atoms with Gasteiger partial charge in [-0.15, -0.1) is 0 Å². The van der Waals surface area contributed by atoms with Crippen LogP contribution >= 0.6 is 0 Å². The van der Waals surface area contributed by atoms with Gasteiger partial charge in [0, 0.05) is 29.1 Å². The fourth-order valence-electron chi connectivity index (χ4n) is 2.75. The summed E-state index contributed by atoms with van der Waals surface area (Å²) in [6.45, 7) is 3.93. The van der Waals surface area contributed by atoms with E-state index in [1.807, 2.05) is 60.9 Å². The molecule has 0 aliphatic heterocycles. The number of nitrogens with zero attached hydrogens (tertiary/aromatic N) is 3. The normalized spacial score (nSPS) is 11.0. The van der Waals surface area contributed by atoms with Gasteiger partial charge >= 0.3 is 0 Å². The lowest BCUT2D eigenvalue weighted by molar-refractivity contribution is -0.384. The summed E-state index contributed by atoms with van der Waals surface area (Å²) in [5.41, 5.74) is 7.64. The number of para-hydroxylation sites is 1. The Hall–Kier alpha value is -3.41. The van der Waals surface area contributed by atoms with Crippen molar-refractivity contribution < 1.29 is 4.92 Å². The summed E-state index contributed by atoms with van der Waals surface area (Å²) in [6.07, 6.45) is 1.75. The van der Waals surface area contributed by atoms with Crippen molar-refractivity contribution in [2.45, 2.75) is 13.8 Å². The number of rotatable bonds is 5. The lowest BCUT2D eigenvalue weighted by Gasteiger charge is -2.09. The van der Waals surface area contributed by atoms with E-state index in [9.17, 15) is 10.1 Å². The van der Waals surface area contributed by atoms with Gasteiger partial charge in [-0.3, -0.25) is 15.5 Å². The predicted octanol–water partition coefficient (Wildman–Crippen LogP) is 4.45. The Bertz CT molecular complexity index is 930. The van der Waals surface area contributed by atoms with Crippen LogP contribution in [0.2, 0.25) is 0 Å². The molecule has 25 heavy (non-hydrogen) atoms. The summed E-state index contributed by atoms with van der Waals surface area (Å²) in [7, 11) is 0. The van der Waals surface area contributed by atoms with E-state index in [-0.39, 0.29) is 10.6 Å². The molecule has 0 saturated heterocycles. The third-order valence-corrected chi connectivity index (χ3v) is 3.94. The van der Waals surface area contributed by atoms with Crippen molar-refractivity contribution in [1.29, 1.82) is 0 Å². The maximum absolute atomic E-state index is 11.0. The Kier molecular flexibility index (Phi) is 4.61. The van der Waals surface area contributed by atoms with Gasteiger partial charge in [-0.2, -0.15) is 5.10 Å². The Labute approximate surface area is 145 Å². The van der Waals surface area contributed by atoms with Gasteiger partial charge in [-0.1, -0.05) is 24.3 Å². The average Bonchev–Trinajstić information content (AvgIpc) is 2.90. The predicted molar refractivity (Wildman–Crippen MR) is 99.6 cm³/mol. The van der Waals surface area contributed by atoms with E-state index in [2.05, 4.69) is 10.5 Å². The van der Waals surface area contributed by atoms with Gasteiger partial charge < -0.3 is 4.57 Å². The Morgan fingerprint density at radius 2 is 1.84 bits per heavy atom. The average molecular weight is 334 g/mol. The largest absolute Gasteiger partial charge is 0.318 e. The van der Waals surface area contributed by atoms with Crippen molar-refractivity contribution in [1.82, 2.24) is 4.57 Å². The highest BCUT2D eigenvalue weighted by Gasteiger charge is 2.12. The van der Waals surface area contributed by atoms with E-state index in [1.54, 1.807) is 18.3 Å². The third-order valence-electron chi connectivity index (χ3n) is 3.94. The first-order valence-corrected chi connectivity index (χ1v) is 7.84. The van der Waals surface area contributed by atoms with Crippen LogP contribution in [0, 0.1) is 24.0 Å². The number of aryl methyl sites for hydroxylation is 1. The van der Waals surface area contributed by atoms with Crippen LogP contribution < -0.4 is 5.43 Å². The van der Waals surface area contributed by atoms with E-state index >= 15 is 0 Å². The molecule has 6 nitrogen and oxygen atoms in total. The Balaban J connectivity index is 1.88. The van der Waals surface area contributed by atoms with Gasteiger partial charge in [-0.05, 0) is 38.1 Å². The lowest BCUT2D eigenvalue weighted by atomic mass is 10.2. The summed E-state index contributed by atoms with van der Waals surface area (Å²) < 4.78 is 1.98. The van der Waals surface area contributed by atoms with E-state index < -0.39 is 0 Å². The zero-order chi connectivity index (χ0) is 17.8. The van der Waals surface area contributed by atoms with Crippen molar-refractivity contribution in [3.8, 4) is 5.69 Å². The maximum atomic E-state index is 11.0. The minimum absolute atomic E-state index is 0.0750. The van der Waals surface area contributed by atoms with Crippen LogP contribution in [0.3, 0.4) is 0 Å². The monoisotopic (exact) mass is 334 g/mol. The molecule has 0 aliphatic carbocycles. The zero-order valence-electron chi connectivity index (χ0n) is 14.0. The molecule has 0 amide bonds. The van der Waals surface area contributed by atoms with Gasteiger partial charge in [0.15, 0.2) is 0 Å². The van der Waals surface area contributed by atoms with Crippen molar-refractivity contribution >= 4 is 17.6 Å². The van der Waals surface area contributed by atoms with Crippen LogP contribution in [-0.4, -0.2) is 15.7 Å². The summed E-state index contributed by atoms with van der Waals surface area (Å²) >= 11 is 0. The van der Waals surface area contributed by atoms with Gasteiger partial charge in [0.2, 0.25) is 0 Å². The van der Waals surface area contributed by atoms with E-state index in [1.165, 1.54) is 6.07 Å². The second-order valence-corrected chi connectivity index (χ2v) is 5.67. The molecule has 0 atom stereocenters. The standard InChI is InChI=1S/C19H18N4O2/c1-14-11-16(13-20-21-17-7-4-3-5-8-17)15(2)22(14)18-9-6-10-19(12-18)23(24)25/h3-13,21H,1-2H3/b20-13-. The molecule has 1 N–H and O–H groups in total. The van der Waals surface area contributed by atoms with Crippen LogP contribution in [0.1, 0.15) is 17.0 Å². The summed E-state index contributed by atoms with van der Waals surface area (Å²) in [4.78, 5) is 10.6. The van der Waals surface area contributed by atoms with Gasteiger partial charge in [-0.25, -0.2) is 0 Å². The molecular formula is C19H18N4O2. The molecule has 0 saturated carbocycles. The van der Waals surface area contributed by atoms with Crippen LogP contribution in [0.5, 0.6) is 0 Å². The fraction of sp³-hybridized carbons (Fsp3) is 0.105. The van der Waals surface area contributed by atoms with E-state index in [4.69, 9.17) is 0 Å². The molecule has 0 unspecified atom stereocenters. The highest BCUT2D eigenvalue weighted by atomic mass is 16.6. The first-order valence-electron chi connectivity index (χ1n) is 7.84. The second kappa shape index (κ2) is 7.00. The highest BCUT2D eigenvalue weighted by molar-refractivity contribution is 5.82. The quantitative estimate of drug-likeness (QED) is 0.426. The molecular weight excluding hydrogens is 316 g/mol. The molecule has 0 radical (unpaired) electrons. The first kappa shape index (κ1) is 16.4. The molecule has 0 fully saturated rings. The number of hydrazone groups is 1. The smallest absolute Gasteiger partial charge is 0.271 e. The van der Waals surface area contributed by atoms with Crippen molar-refractivity contribution in [2.24, 2.45) is 5.10 Å². The van der Waals surface area contributed by atoms with Crippen molar-refractivity contribution in [3.05, 3.63) is 87.7 Å². The number of hydrogen-bond donors (Lipinski definition) is 1. The van der Waals surface area contributed by atoms with Crippen molar-refractivity contribution in [3.63, 3.8) is 0 Å². The molecule has 3 aromatic rings. The molecule has 0 bridgehead atoms. The molecule has 3 rings (SSSR count). The molecule has 1 heterocycles. The third kappa shape index (κ3) is 3.58. The van der Waals surface area contributed by atoms with E-state index in [0.717, 1.165) is 28.3 Å². The van der Waals surface area contributed by atoms with E-state index in [0.29, 0.717) is 0 Å². The summed E-state index contributed by atoms with van der Waals surface area (Å²) in [5.74, 6) is 0. The Morgan fingerprint density at radius 1 is 1.08 bits per heavy atom. The number of non-ortho nitro benzene ring substituents is 1. The van der Waals surface area contributed by atoms with Gasteiger partial charge in [0.25, 0.3) is 5.69 Å². The molecule has 0 spiro atoms. The minimum Gasteiger partial charge on any atom is -0.318 e. The number of nitro benzene ring substituents is 1. The van der Waals surface area contributed by atoms with Gasteiger partial charge in [0.1, 0.15) is 0 Å². The molecule has 2 aromatic carbocycles. The molecule has 1 aromatic heterocycles. The number of nitro groups is 1. The number of aromatic nitrogens is 1. The van der Waals surface area contributed by atoms with Gasteiger partial charge in [0.05, 0.1) is 22.5 Å². The Morgan fingerprint density at radius 3 is 2.56 bits per heavy atom. The lowest BCUT2D eigenvalue weighted by Crippen LogP contribution is -2.00. The van der Waals surface area contributed by atoms with Crippen LogP contribution in [0.4, 0.5) is 11.4 Å². The number of benzene rings is 2. The number of nitrogens with one attached hydrogen (secondary N) is 1. The maximum Gasteiger partial charge on any atom is 0.271 e. The first-order chi connectivity index (χ1) is 12.1. The van der Waals surface area contributed by atoms with Crippen LogP contribution in [0.15, 0.2) is 65.8 Å². The highest BCUT2D eigenvalue weighted by Crippen LogP contribution is 2.23. The SMILES string of the molecule is Cc1cc(/C=N\Nc2ccccc2)c(C)n1-c1cccc([N+](=O)[O-])c1. The van der Waals surface area contributed by atoms with Crippen LogP contribution in [-0.2, 0) is 0 Å². The number of hydrogen-bond acceptors (Lipinski definition) is 4. The molecule has 0 aliphatic rings. The van der Waals surface area contributed by atoms with Crippen molar-refractivity contribution in [2.75, 3.05) is 5.43 Å². The van der Waals surface area contributed by atoms with Crippen LogP contribution in [0.25, 0.3) is 5.69 Å². The molecule has 126 valence electrons.